The molecule has 16 heavy (non-hydrogen) atoms. The average Bonchev–Trinajstić information content (AvgIpc) is 2.26. The van der Waals surface area contributed by atoms with Crippen LogP contribution in [0.4, 0.5) is 5.82 Å². The normalized spacial score (nSPS) is 10.9. The maximum absolute atomic E-state index is 4.63. The molecule has 0 saturated carbocycles. The molecule has 1 heterocycles. The topological polar surface area (TPSA) is 28.2 Å². The van der Waals surface area contributed by atoms with E-state index in [1.165, 1.54) is 5.56 Å². The maximum Gasteiger partial charge on any atom is 0.128 e. The third kappa shape index (κ3) is 3.20. The summed E-state index contributed by atoms with van der Waals surface area (Å²) in [6.07, 6.45) is 0. The second kappa shape index (κ2) is 5.85. The lowest BCUT2D eigenvalue weighted by Gasteiger charge is -2.23. The molecule has 3 nitrogen and oxygen atoms in total. The van der Waals surface area contributed by atoms with Crippen LogP contribution in [-0.2, 0) is 6.54 Å². The summed E-state index contributed by atoms with van der Waals surface area (Å²) in [5.41, 5.74) is 2.40. The zero-order valence-corrected chi connectivity index (χ0v) is 11.0. The fourth-order valence-electron chi connectivity index (χ4n) is 1.48. The van der Waals surface area contributed by atoms with E-state index in [2.05, 4.69) is 62.1 Å². The minimum Gasteiger partial charge on any atom is -0.357 e. The van der Waals surface area contributed by atoms with Crippen molar-refractivity contribution in [1.29, 1.82) is 0 Å². The summed E-state index contributed by atoms with van der Waals surface area (Å²) in [4.78, 5) is 6.82. The van der Waals surface area contributed by atoms with E-state index >= 15 is 0 Å². The quantitative estimate of drug-likeness (QED) is 0.827. The Morgan fingerprint density at radius 3 is 2.56 bits per heavy atom. The molecule has 0 amide bonds. The summed E-state index contributed by atoms with van der Waals surface area (Å²) in [5, 5.41) is 3.32. The minimum absolute atomic E-state index is 0.478. The fourth-order valence-corrected chi connectivity index (χ4v) is 1.48. The van der Waals surface area contributed by atoms with Gasteiger partial charge in [-0.2, -0.15) is 0 Å². The molecule has 0 bridgehead atoms. The van der Waals surface area contributed by atoms with Gasteiger partial charge in [-0.1, -0.05) is 13.0 Å². The van der Waals surface area contributed by atoms with Crippen molar-refractivity contribution in [3.8, 4) is 0 Å². The smallest absolute Gasteiger partial charge is 0.128 e. The molecular weight excluding hydrogens is 198 g/mol. The summed E-state index contributed by atoms with van der Waals surface area (Å²) in [5.74, 6) is 1.05. The zero-order valence-electron chi connectivity index (χ0n) is 11.0. The van der Waals surface area contributed by atoms with Crippen molar-refractivity contribution in [3.63, 3.8) is 0 Å². The van der Waals surface area contributed by atoms with Gasteiger partial charge in [0.05, 0.1) is 0 Å². The van der Waals surface area contributed by atoms with Crippen LogP contribution >= 0.6 is 0 Å². The van der Waals surface area contributed by atoms with E-state index in [0.29, 0.717) is 6.04 Å². The van der Waals surface area contributed by atoms with Crippen molar-refractivity contribution in [2.24, 2.45) is 0 Å². The summed E-state index contributed by atoms with van der Waals surface area (Å²) >= 11 is 0. The number of pyridine rings is 1. The molecule has 0 saturated heterocycles. The van der Waals surface area contributed by atoms with Crippen LogP contribution in [0.1, 0.15) is 32.0 Å². The van der Waals surface area contributed by atoms with Crippen molar-refractivity contribution in [1.82, 2.24) is 10.3 Å². The molecule has 0 aromatic carbocycles. The van der Waals surface area contributed by atoms with Gasteiger partial charge in [0.1, 0.15) is 5.82 Å². The third-order valence-corrected chi connectivity index (χ3v) is 2.88. The monoisotopic (exact) mass is 221 g/mol. The number of nitrogens with one attached hydrogen (secondary N) is 1. The van der Waals surface area contributed by atoms with Crippen LogP contribution in [0.2, 0.25) is 0 Å². The van der Waals surface area contributed by atoms with Gasteiger partial charge in [-0.15, -0.1) is 0 Å². The van der Waals surface area contributed by atoms with Crippen LogP contribution in [0.25, 0.3) is 0 Å². The maximum atomic E-state index is 4.63. The first-order chi connectivity index (χ1) is 7.56. The van der Waals surface area contributed by atoms with E-state index in [-0.39, 0.29) is 0 Å². The molecule has 1 rings (SSSR count). The number of rotatable bonds is 5. The molecule has 0 fully saturated rings. The summed E-state index contributed by atoms with van der Waals surface area (Å²) in [7, 11) is 2.08. The molecule has 0 unspecified atom stereocenters. The van der Waals surface area contributed by atoms with Gasteiger partial charge in [0.25, 0.3) is 0 Å². The molecule has 0 aliphatic rings. The highest BCUT2D eigenvalue weighted by Crippen LogP contribution is 2.15. The van der Waals surface area contributed by atoms with E-state index in [9.17, 15) is 0 Å². The molecule has 3 heteroatoms. The standard InChI is InChI=1S/C13H23N3/c1-6-14-9-12-7-8-13(15-11(12)4)16(5)10(2)3/h7-8,10,14H,6,9H2,1-5H3. The van der Waals surface area contributed by atoms with Crippen molar-refractivity contribution in [3.05, 3.63) is 23.4 Å². The highest BCUT2D eigenvalue weighted by Gasteiger charge is 2.08. The first kappa shape index (κ1) is 13.0. The number of hydrogen-bond donors (Lipinski definition) is 1. The number of nitrogens with zero attached hydrogens (tertiary/aromatic N) is 2. The van der Waals surface area contributed by atoms with Crippen LogP contribution in [0.5, 0.6) is 0 Å². The second-order valence-electron chi connectivity index (χ2n) is 4.40. The van der Waals surface area contributed by atoms with Crippen LogP contribution in [0.15, 0.2) is 12.1 Å². The van der Waals surface area contributed by atoms with Crippen molar-refractivity contribution in [2.75, 3.05) is 18.5 Å². The number of anilines is 1. The largest absolute Gasteiger partial charge is 0.357 e. The molecule has 0 atom stereocenters. The van der Waals surface area contributed by atoms with E-state index in [1.54, 1.807) is 0 Å². The van der Waals surface area contributed by atoms with Crippen LogP contribution in [0, 0.1) is 6.92 Å². The molecule has 0 aliphatic heterocycles. The van der Waals surface area contributed by atoms with E-state index in [1.807, 2.05) is 0 Å². The number of aromatic nitrogens is 1. The van der Waals surface area contributed by atoms with Gasteiger partial charge in [0.2, 0.25) is 0 Å². The Morgan fingerprint density at radius 2 is 2.06 bits per heavy atom. The molecule has 0 radical (unpaired) electrons. The SMILES string of the molecule is CCNCc1ccc(N(C)C(C)C)nc1C. The Morgan fingerprint density at radius 1 is 1.38 bits per heavy atom. The lowest BCUT2D eigenvalue weighted by atomic mass is 10.2. The van der Waals surface area contributed by atoms with E-state index in [4.69, 9.17) is 0 Å². The molecule has 1 aromatic heterocycles. The van der Waals surface area contributed by atoms with E-state index < -0.39 is 0 Å². The van der Waals surface area contributed by atoms with Gasteiger partial charge in [-0.05, 0) is 38.9 Å². The predicted octanol–water partition coefficient (Wildman–Crippen LogP) is 2.34. The zero-order chi connectivity index (χ0) is 12.1. The Kier molecular flexibility index (Phi) is 4.74. The molecular formula is C13H23N3. The van der Waals surface area contributed by atoms with Gasteiger partial charge < -0.3 is 10.2 Å². The van der Waals surface area contributed by atoms with Crippen molar-refractivity contribution >= 4 is 5.82 Å². The average molecular weight is 221 g/mol. The lowest BCUT2D eigenvalue weighted by molar-refractivity contribution is 0.713. The molecule has 1 N–H and O–H groups in total. The van der Waals surface area contributed by atoms with Crippen molar-refractivity contribution < 1.29 is 0 Å². The summed E-state index contributed by atoms with van der Waals surface area (Å²) < 4.78 is 0. The number of aryl methyl sites for hydroxylation is 1. The van der Waals surface area contributed by atoms with Crippen LogP contribution in [0.3, 0.4) is 0 Å². The predicted molar refractivity (Wildman–Crippen MR) is 69.9 cm³/mol. The Balaban J connectivity index is 2.82. The minimum atomic E-state index is 0.478. The van der Waals surface area contributed by atoms with Gasteiger partial charge in [0, 0.05) is 25.3 Å². The van der Waals surface area contributed by atoms with Crippen LogP contribution < -0.4 is 10.2 Å². The van der Waals surface area contributed by atoms with Crippen LogP contribution in [-0.4, -0.2) is 24.6 Å². The third-order valence-electron chi connectivity index (χ3n) is 2.88. The van der Waals surface area contributed by atoms with Gasteiger partial charge in [-0.25, -0.2) is 4.98 Å². The first-order valence-electron chi connectivity index (χ1n) is 5.96. The van der Waals surface area contributed by atoms with E-state index in [0.717, 1.165) is 24.6 Å². The van der Waals surface area contributed by atoms with Crippen molar-refractivity contribution in [2.45, 2.75) is 40.3 Å². The Labute approximate surface area is 98.9 Å². The Hall–Kier alpha value is -1.09. The van der Waals surface area contributed by atoms with Gasteiger partial charge in [-0.3, -0.25) is 0 Å². The second-order valence-corrected chi connectivity index (χ2v) is 4.40. The molecule has 0 spiro atoms. The first-order valence-corrected chi connectivity index (χ1v) is 5.96. The Bertz CT molecular complexity index is 334. The van der Waals surface area contributed by atoms with Gasteiger partial charge >= 0.3 is 0 Å². The summed E-state index contributed by atoms with van der Waals surface area (Å²) in [6.45, 7) is 10.4. The number of hydrogen-bond acceptors (Lipinski definition) is 3. The molecule has 1 aromatic rings. The van der Waals surface area contributed by atoms with Gasteiger partial charge in [0.15, 0.2) is 0 Å². The highest BCUT2D eigenvalue weighted by molar-refractivity contribution is 5.41. The highest BCUT2D eigenvalue weighted by atomic mass is 15.2. The fraction of sp³-hybridized carbons (Fsp3) is 0.615. The molecule has 90 valence electrons. The molecule has 0 aliphatic carbocycles. The summed E-state index contributed by atoms with van der Waals surface area (Å²) in [6, 6.07) is 4.74. The lowest BCUT2D eigenvalue weighted by Crippen LogP contribution is -2.27.